The molecule has 6 nitrogen and oxygen atoms in total. The highest BCUT2D eigenvalue weighted by molar-refractivity contribution is 5.82. The highest BCUT2D eigenvalue weighted by Crippen LogP contribution is 2.13. The summed E-state index contributed by atoms with van der Waals surface area (Å²) >= 11 is 0. The minimum Gasteiger partial charge on any atom is -0.480 e. The minimum atomic E-state index is -5.05. The SMILES string of the molecule is NCCCCC(NNC(=O)C(F)(F)F)C(=O)O. The lowest BCUT2D eigenvalue weighted by Crippen LogP contribution is -2.52. The van der Waals surface area contributed by atoms with Crippen LogP contribution >= 0.6 is 0 Å². The van der Waals surface area contributed by atoms with Gasteiger partial charge < -0.3 is 10.8 Å². The lowest BCUT2D eigenvalue weighted by atomic mass is 10.1. The summed E-state index contributed by atoms with van der Waals surface area (Å²) in [5.74, 6) is -3.58. The fraction of sp³-hybridized carbons (Fsp3) is 0.750. The Morgan fingerprint density at radius 1 is 1.29 bits per heavy atom. The molecule has 0 aromatic heterocycles. The van der Waals surface area contributed by atoms with E-state index in [0.29, 0.717) is 19.4 Å². The largest absolute Gasteiger partial charge is 0.480 e. The number of rotatable bonds is 7. The number of hydrazine groups is 1. The van der Waals surface area contributed by atoms with Crippen molar-refractivity contribution in [1.82, 2.24) is 10.9 Å². The molecule has 0 aliphatic heterocycles. The number of carbonyl (C=O) groups is 2. The summed E-state index contributed by atoms with van der Waals surface area (Å²) < 4.78 is 35.4. The third-order valence-corrected chi connectivity index (χ3v) is 1.86. The maximum absolute atomic E-state index is 11.8. The molecule has 0 aliphatic rings. The van der Waals surface area contributed by atoms with Crippen molar-refractivity contribution >= 4 is 11.9 Å². The van der Waals surface area contributed by atoms with Crippen LogP contribution in [0.2, 0.25) is 0 Å². The summed E-state index contributed by atoms with van der Waals surface area (Å²) in [5.41, 5.74) is 8.31. The number of alkyl halides is 3. The monoisotopic (exact) mass is 257 g/mol. The zero-order chi connectivity index (χ0) is 13.5. The minimum absolute atomic E-state index is 0.0741. The zero-order valence-corrected chi connectivity index (χ0v) is 8.88. The highest BCUT2D eigenvalue weighted by Gasteiger charge is 2.39. The van der Waals surface area contributed by atoms with Crippen molar-refractivity contribution < 1.29 is 27.9 Å². The van der Waals surface area contributed by atoms with Gasteiger partial charge in [-0.3, -0.25) is 15.0 Å². The van der Waals surface area contributed by atoms with Gasteiger partial charge in [0.05, 0.1) is 0 Å². The van der Waals surface area contributed by atoms with E-state index >= 15 is 0 Å². The Bertz CT molecular complexity index is 270. The standard InChI is InChI=1S/C8H14F3N3O3/c9-8(10,11)7(17)14-13-5(6(15)16)3-1-2-4-12/h5,13H,1-4,12H2,(H,14,17)(H,15,16). The molecular weight excluding hydrogens is 243 g/mol. The van der Waals surface area contributed by atoms with E-state index in [1.165, 1.54) is 5.43 Å². The van der Waals surface area contributed by atoms with Crippen LogP contribution in [0.1, 0.15) is 19.3 Å². The molecule has 100 valence electrons. The summed E-state index contributed by atoms with van der Waals surface area (Å²) in [6, 6.07) is -1.27. The van der Waals surface area contributed by atoms with Crippen LogP contribution in [0, 0.1) is 0 Å². The Kier molecular flexibility index (Phi) is 6.51. The Morgan fingerprint density at radius 2 is 1.88 bits per heavy atom. The molecule has 0 bridgehead atoms. The molecule has 0 saturated heterocycles. The number of hydrogen-bond donors (Lipinski definition) is 4. The smallest absolute Gasteiger partial charge is 0.472 e. The first-order chi connectivity index (χ1) is 7.79. The molecule has 1 unspecified atom stereocenters. The van der Waals surface area contributed by atoms with Gasteiger partial charge >= 0.3 is 18.1 Å². The number of carboxylic acids is 1. The Labute approximate surface area is 95.3 Å². The van der Waals surface area contributed by atoms with Crippen molar-refractivity contribution in [2.24, 2.45) is 5.73 Å². The average Bonchev–Trinajstić information content (AvgIpc) is 2.20. The van der Waals surface area contributed by atoms with Crippen LogP contribution in [0.3, 0.4) is 0 Å². The molecule has 1 atom stereocenters. The number of halogens is 3. The van der Waals surface area contributed by atoms with E-state index in [1.54, 1.807) is 0 Å². The third-order valence-electron chi connectivity index (χ3n) is 1.86. The lowest BCUT2D eigenvalue weighted by molar-refractivity contribution is -0.175. The normalized spacial score (nSPS) is 13.2. The first-order valence-corrected chi connectivity index (χ1v) is 4.84. The van der Waals surface area contributed by atoms with Gasteiger partial charge in [-0.25, -0.2) is 5.43 Å². The van der Waals surface area contributed by atoms with E-state index in [1.807, 2.05) is 5.43 Å². The summed E-state index contributed by atoms with van der Waals surface area (Å²) in [6.45, 7) is 0.362. The second-order valence-corrected chi connectivity index (χ2v) is 3.27. The number of hydrogen-bond acceptors (Lipinski definition) is 4. The van der Waals surface area contributed by atoms with E-state index in [4.69, 9.17) is 10.8 Å². The topological polar surface area (TPSA) is 104 Å². The van der Waals surface area contributed by atoms with Crippen LogP contribution in [0.25, 0.3) is 0 Å². The Morgan fingerprint density at radius 3 is 2.29 bits per heavy atom. The Hall–Kier alpha value is -1.35. The molecule has 0 fully saturated rings. The quantitative estimate of drug-likeness (QED) is 0.372. The number of carbonyl (C=O) groups excluding carboxylic acids is 1. The highest BCUT2D eigenvalue weighted by atomic mass is 19.4. The van der Waals surface area contributed by atoms with Gasteiger partial charge in [0.1, 0.15) is 6.04 Å². The molecule has 0 aromatic carbocycles. The Balaban J connectivity index is 4.10. The van der Waals surface area contributed by atoms with Gasteiger partial charge in [0.15, 0.2) is 0 Å². The fourth-order valence-electron chi connectivity index (χ4n) is 0.974. The molecule has 0 aliphatic carbocycles. The third kappa shape index (κ3) is 6.74. The van der Waals surface area contributed by atoms with Gasteiger partial charge in [0, 0.05) is 0 Å². The first-order valence-electron chi connectivity index (χ1n) is 4.84. The van der Waals surface area contributed by atoms with Crippen LogP contribution < -0.4 is 16.6 Å². The summed E-state index contributed by atoms with van der Waals surface area (Å²) in [4.78, 5) is 21.0. The van der Waals surface area contributed by atoms with E-state index < -0.39 is 24.1 Å². The molecule has 0 saturated carbocycles. The van der Waals surface area contributed by atoms with Crippen molar-refractivity contribution in [2.75, 3.05) is 6.54 Å². The summed E-state index contributed by atoms with van der Waals surface area (Å²) in [5, 5.41) is 8.66. The second kappa shape index (κ2) is 7.07. The average molecular weight is 257 g/mol. The van der Waals surface area contributed by atoms with Crippen LogP contribution in [0.4, 0.5) is 13.2 Å². The van der Waals surface area contributed by atoms with Crippen molar-refractivity contribution in [2.45, 2.75) is 31.5 Å². The predicted octanol–water partition coefficient (Wildman–Crippen LogP) is -0.248. The first kappa shape index (κ1) is 15.7. The van der Waals surface area contributed by atoms with Crippen molar-refractivity contribution in [3.63, 3.8) is 0 Å². The molecule has 17 heavy (non-hydrogen) atoms. The fourth-order valence-corrected chi connectivity index (χ4v) is 0.974. The van der Waals surface area contributed by atoms with E-state index in [2.05, 4.69) is 0 Å². The number of aliphatic carboxylic acids is 1. The predicted molar refractivity (Wildman–Crippen MR) is 51.7 cm³/mol. The molecule has 9 heteroatoms. The van der Waals surface area contributed by atoms with Crippen LogP contribution in [-0.2, 0) is 9.59 Å². The number of amides is 1. The summed E-state index contributed by atoms with van der Waals surface area (Å²) in [6.07, 6.45) is -3.99. The maximum Gasteiger partial charge on any atom is 0.472 e. The second-order valence-electron chi connectivity index (χ2n) is 3.27. The maximum atomic E-state index is 11.8. The van der Waals surface area contributed by atoms with Gasteiger partial charge in [-0.1, -0.05) is 0 Å². The van der Waals surface area contributed by atoms with Crippen molar-refractivity contribution in [3.8, 4) is 0 Å². The van der Waals surface area contributed by atoms with Crippen molar-refractivity contribution in [3.05, 3.63) is 0 Å². The van der Waals surface area contributed by atoms with Crippen LogP contribution in [0.5, 0.6) is 0 Å². The number of nitrogens with one attached hydrogen (secondary N) is 2. The molecule has 0 rings (SSSR count). The molecule has 0 spiro atoms. The molecule has 0 radical (unpaired) electrons. The molecular formula is C8H14F3N3O3. The van der Waals surface area contributed by atoms with Gasteiger partial charge in [-0.2, -0.15) is 13.2 Å². The van der Waals surface area contributed by atoms with Crippen LogP contribution in [0.15, 0.2) is 0 Å². The van der Waals surface area contributed by atoms with E-state index in [-0.39, 0.29) is 6.42 Å². The van der Waals surface area contributed by atoms with E-state index in [9.17, 15) is 22.8 Å². The summed E-state index contributed by atoms with van der Waals surface area (Å²) in [7, 11) is 0. The lowest BCUT2D eigenvalue weighted by Gasteiger charge is -2.15. The van der Waals surface area contributed by atoms with Gasteiger partial charge in [0.25, 0.3) is 0 Å². The van der Waals surface area contributed by atoms with Crippen molar-refractivity contribution in [1.29, 1.82) is 0 Å². The number of carboxylic acid groups (broad SMARTS) is 1. The van der Waals surface area contributed by atoms with Gasteiger partial charge in [-0.15, -0.1) is 0 Å². The van der Waals surface area contributed by atoms with Crippen LogP contribution in [-0.4, -0.2) is 35.7 Å². The number of nitrogens with two attached hydrogens (primary N) is 1. The molecule has 1 amide bonds. The molecule has 0 heterocycles. The molecule has 5 N–H and O–H groups in total. The van der Waals surface area contributed by atoms with Gasteiger partial charge in [0.2, 0.25) is 0 Å². The van der Waals surface area contributed by atoms with Gasteiger partial charge in [-0.05, 0) is 25.8 Å². The molecule has 0 aromatic rings. The zero-order valence-electron chi connectivity index (χ0n) is 8.88. The van der Waals surface area contributed by atoms with E-state index in [0.717, 1.165) is 0 Å². The number of unbranched alkanes of at least 4 members (excludes halogenated alkanes) is 1.